The Morgan fingerprint density at radius 3 is 1.41 bits per heavy atom. The minimum absolute atomic E-state index is 0.0983. The number of aromatic nitrogens is 1. The third-order valence-corrected chi connectivity index (χ3v) is 25.1. The molecule has 2 atom stereocenters. The van der Waals surface area contributed by atoms with Crippen LogP contribution in [0.1, 0.15) is 83.0 Å². The summed E-state index contributed by atoms with van der Waals surface area (Å²) in [6.07, 6.45) is 7.92. The van der Waals surface area contributed by atoms with E-state index in [-0.39, 0.29) is 17.5 Å². The lowest BCUT2D eigenvalue weighted by molar-refractivity contribution is -0.0281. The SMILES string of the molecule is Cc1cc(C)c(B(c2ccc3c(c2)c2cc(-c4ccc(C56CC7CC(C5)CC(c5ccc([Si]8(c9ccccc9)c9ccccc9-c9ccccc98)cc5)(C7)C6)cc4)ccc2n3-c2ccccc2)c2c(C)cc(C)cc2C)c(C)c1. The number of rotatable bonds is 9. The molecule has 16 rings (SSSR count). The van der Waals surface area contributed by atoms with Gasteiger partial charge in [0.15, 0.2) is 8.07 Å². The summed E-state index contributed by atoms with van der Waals surface area (Å²) in [7, 11) is -2.53. The molecule has 1 aliphatic heterocycles. The molecule has 4 aliphatic carbocycles. The Labute approximate surface area is 469 Å². The minimum atomic E-state index is -2.53. The topological polar surface area (TPSA) is 4.93 Å². The highest BCUT2D eigenvalue weighted by Gasteiger charge is 2.59. The Bertz CT molecular complexity index is 4060. The maximum Gasteiger partial charge on any atom is 0.242 e. The summed E-state index contributed by atoms with van der Waals surface area (Å²) in [6, 6.07) is 85.5. The molecule has 0 amide bonds. The molecule has 4 bridgehead atoms. The summed E-state index contributed by atoms with van der Waals surface area (Å²) < 4.78 is 2.48. The Balaban J connectivity index is 0.802. The lowest BCUT2D eigenvalue weighted by Crippen LogP contribution is -2.72. The predicted molar refractivity (Wildman–Crippen MR) is 339 cm³/mol. The van der Waals surface area contributed by atoms with Gasteiger partial charge in [0.1, 0.15) is 0 Å². The number of hydrogen-bond donors (Lipinski definition) is 0. The molecule has 1 nitrogen and oxygen atoms in total. The molecule has 0 N–H and O–H groups in total. The van der Waals surface area contributed by atoms with Gasteiger partial charge in [-0.1, -0.05) is 238 Å². The number of fused-ring (bicyclic) bond motifs is 6. The average Bonchev–Trinajstić information content (AvgIpc) is 3.83. The van der Waals surface area contributed by atoms with E-state index < -0.39 is 8.07 Å². The molecule has 5 aliphatic rings. The maximum atomic E-state index is 2.60. The van der Waals surface area contributed by atoms with Crippen molar-refractivity contribution in [1.82, 2.24) is 4.57 Å². The molecule has 2 unspecified atom stereocenters. The van der Waals surface area contributed by atoms with Crippen LogP contribution in [0, 0.1) is 53.4 Å². The summed E-state index contributed by atoms with van der Waals surface area (Å²) in [5.74, 6) is 1.54. The van der Waals surface area contributed by atoms with Crippen LogP contribution in [-0.4, -0.2) is 19.4 Å². The van der Waals surface area contributed by atoms with Crippen molar-refractivity contribution in [3.8, 4) is 27.9 Å². The van der Waals surface area contributed by atoms with Crippen molar-refractivity contribution in [3.63, 3.8) is 0 Å². The van der Waals surface area contributed by atoms with Crippen LogP contribution in [0.15, 0.2) is 218 Å². The van der Waals surface area contributed by atoms with Crippen molar-refractivity contribution in [2.45, 2.75) is 90.9 Å². The summed E-state index contributed by atoms with van der Waals surface area (Å²) in [4.78, 5) is 0. The van der Waals surface area contributed by atoms with E-state index in [4.69, 9.17) is 0 Å². The molecule has 0 spiro atoms. The molecular formula is C76H68BNSi. The average molecular weight is 1030 g/mol. The fourth-order valence-electron chi connectivity index (χ4n) is 17.8. The van der Waals surface area contributed by atoms with E-state index in [0.29, 0.717) is 0 Å². The molecule has 11 aromatic rings. The third kappa shape index (κ3) is 7.41. The van der Waals surface area contributed by atoms with E-state index in [2.05, 4.69) is 264 Å². The number of aryl methyl sites for hydroxylation is 6. The van der Waals surface area contributed by atoms with Gasteiger partial charge in [0.2, 0.25) is 6.71 Å². The highest BCUT2D eigenvalue weighted by atomic mass is 28.3. The number of nitrogens with zero attached hydrogens (tertiary/aromatic N) is 1. The van der Waals surface area contributed by atoms with Crippen LogP contribution < -0.4 is 37.1 Å². The van der Waals surface area contributed by atoms with Crippen LogP contribution in [-0.2, 0) is 10.8 Å². The summed E-state index contributed by atoms with van der Waals surface area (Å²) in [5.41, 5.74) is 24.8. The number of para-hydroxylation sites is 1. The highest BCUT2D eigenvalue weighted by molar-refractivity contribution is 7.22. The lowest BCUT2D eigenvalue weighted by Gasteiger charge is -2.63. The molecular weight excluding hydrogens is 966 g/mol. The molecule has 2 heterocycles. The Morgan fingerprint density at radius 2 is 0.861 bits per heavy atom. The van der Waals surface area contributed by atoms with Crippen LogP contribution >= 0.6 is 0 Å². The van der Waals surface area contributed by atoms with Gasteiger partial charge in [0.05, 0.1) is 11.0 Å². The molecule has 0 radical (unpaired) electrons. The Morgan fingerprint density at radius 1 is 0.418 bits per heavy atom. The van der Waals surface area contributed by atoms with Crippen molar-refractivity contribution >= 4 is 73.7 Å². The van der Waals surface area contributed by atoms with Crippen LogP contribution in [0.5, 0.6) is 0 Å². The van der Waals surface area contributed by atoms with Crippen molar-refractivity contribution in [2.24, 2.45) is 11.8 Å². The zero-order valence-electron chi connectivity index (χ0n) is 46.7. The largest absolute Gasteiger partial charge is 0.309 e. The summed E-state index contributed by atoms with van der Waals surface area (Å²) in [6.45, 7) is 13.8. The van der Waals surface area contributed by atoms with Crippen molar-refractivity contribution in [2.75, 3.05) is 0 Å². The van der Waals surface area contributed by atoms with E-state index >= 15 is 0 Å². The van der Waals surface area contributed by atoms with E-state index in [1.807, 2.05) is 0 Å². The first-order chi connectivity index (χ1) is 38.5. The fourth-order valence-corrected chi connectivity index (χ4v) is 22.9. The molecule has 384 valence electrons. The number of hydrogen-bond acceptors (Lipinski definition) is 0. The quantitative estimate of drug-likeness (QED) is 0.127. The van der Waals surface area contributed by atoms with Gasteiger partial charge in [-0.05, 0) is 187 Å². The highest BCUT2D eigenvalue weighted by Crippen LogP contribution is 2.66. The molecule has 4 fully saturated rings. The predicted octanol–water partition coefficient (Wildman–Crippen LogP) is 14.0. The van der Waals surface area contributed by atoms with Crippen molar-refractivity contribution in [1.29, 1.82) is 0 Å². The normalized spacial score (nSPS) is 20.4. The van der Waals surface area contributed by atoms with Gasteiger partial charge in [0.25, 0.3) is 0 Å². The first-order valence-electron chi connectivity index (χ1n) is 29.3. The minimum Gasteiger partial charge on any atom is -0.309 e. The third-order valence-electron chi connectivity index (χ3n) is 20.2. The Kier molecular flexibility index (Phi) is 11.1. The number of benzene rings is 10. The van der Waals surface area contributed by atoms with Crippen molar-refractivity contribution < 1.29 is 0 Å². The van der Waals surface area contributed by atoms with Gasteiger partial charge < -0.3 is 4.57 Å². The zero-order chi connectivity index (χ0) is 53.4. The smallest absolute Gasteiger partial charge is 0.242 e. The van der Waals surface area contributed by atoms with Gasteiger partial charge in [-0.3, -0.25) is 0 Å². The second kappa shape index (κ2) is 18.2. The van der Waals surface area contributed by atoms with Gasteiger partial charge in [-0.2, -0.15) is 0 Å². The lowest BCUT2D eigenvalue weighted by atomic mass is 9.34. The van der Waals surface area contributed by atoms with Crippen molar-refractivity contribution in [3.05, 3.63) is 263 Å². The summed E-state index contributed by atoms with van der Waals surface area (Å²) >= 11 is 0. The van der Waals surface area contributed by atoms with Gasteiger partial charge in [0, 0.05) is 16.5 Å². The molecule has 0 saturated heterocycles. The Hall–Kier alpha value is -7.72. The first-order valence-corrected chi connectivity index (χ1v) is 31.3. The molecule has 3 heteroatoms. The van der Waals surface area contributed by atoms with Gasteiger partial charge in [-0.15, -0.1) is 0 Å². The van der Waals surface area contributed by atoms with Gasteiger partial charge >= 0.3 is 0 Å². The van der Waals surface area contributed by atoms with Crippen LogP contribution in [0.3, 0.4) is 0 Å². The maximum absolute atomic E-state index is 2.60. The molecule has 79 heavy (non-hydrogen) atoms. The molecule has 4 saturated carbocycles. The van der Waals surface area contributed by atoms with Gasteiger partial charge in [-0.25, -0.2) is 0 Å². The standard InChI is InChI=1S/C76H68BNSi/c1-49-37-51(3)73(52(4)38-49)77(74-53(5)39-50(2)40-54(74)6)61-32-36-70-68(43-61)67-42-58(27-35-69(67)78(70)62-17-9-7-10-18-62)57-25-28-59(29-26-57)75-44-55-41-56(45-75)47-76(46-55,48-75)60-30-33-64(34-31-60)79(63-19-11-8-12-20-63)71-23-15-13-21-65(71)66-22-14-16-24-72(66)79/h7-40,42-43,55-56H,41,44-48H2,1-6H3. The van der Waals surface area contributed by atoms with E-state index in [1.165, 1.54) is 159 Å². The van der Waals surface area contributed by atoms with E-state index in [0.717, 1.165) is 11.8 Å². The monoisotopic (exact) mass is 1030 g/mol. The van der Waals surface area contributed by atoms with Crippen LogP contribution in [0.25, 0.3) is 49.7 Å². The second-order valence-electron chi connectivity index (χ2n) is 25.1. The second-order valence-corrected chi connectivity index (χ2v) is 28.9. The van der Waals surface area contributed by atoms with Crippen LogP contribution in [0.2, 0.25) is 0 Å². The molecule has 1 aromatic heterocycles. The summed E-state index contributed by atoms with van der Waals surface area (Å²) in [5, 5.41) is 8.62. The molecule has 10 aromatic carbocycles. The van der Waals surface area contributed by atoms with Crippen LogP contribution in [0.4, 0.5) is 0 Å². The van der Waals surface area contributed by atoms with E-state index in [1.54, 1.807) is 11.1 Å². The first kappa shape index (κ1) is 48.4. The fraction of sp³-hybridized carbons (Fsp3) is 0.211. The zero-order valence-corrected chi connectivity index (χ0v) is 47.7. The van der Waals surface area contributed by atoms with E-state index in [9.17, 15) is 0 Å².